The number of benzene rings is 10. The maximum Gasteiger partial charge on any atom is 1.00 e. The molecule has 12 nitrogen and oxygen atoms in total. The van der Waals surface area contributed by atoms with Gasteiger partial charge in [0.15, 0.2) is 0 Å². The van der Waals surface area contributed by atoms with Crippen LogP contribution in [0.15, 0.2) is 211 Å². The Morgan fingerprint density at radius 1 is 0.358 bits per heavy atom. The van der Waals surface area contributed by atoms with Gasteiger partial charge in [-0.15, -0.1) is 5.75 Å². The van der Waals surface area contributed by atoms with Crippen LogP contribution in [0.1, 0.15) is 140 Å². The number of unbranched alkanes of at least 4 members (excludes halogenated alkanes) is 6. The van der Waals surface area contributed by atoms with Crippen molar-refractivity contribution in [3.8, 4) is 50.3 Å². The first-order valence-electron chi connectivity index (χ1n) is 33.9. The summed E-state index contributed by atoms with van der Waals surface area (Å²) in [4.78, 5) is 54.2. The number of carboxylic acids is 1. The standard InChI is InChI=1S/C15H14O2.C14H15O3P.C14H23O3P.C14H22O3S.C14H14O.C14H14S.8Cs/c1-10-3-4-11(2)14(9-10)12-5-7-13(8-6-12)15(16)17;1-10-3-4-11(2)14(9-10)12-5-7-13(8-6-12)18(15,16)17;2*1-12-8-9-13(2)14(11-12)7-5-3-4-6-10-18(15,16)17;2*1-10-3-4-11(2)14(9-10)12-5-7-13(15)8-6-12;;;;;;;;/h3-9H,1-2H3,(H,16,17);3-9H,1-2H3,(H2,15,16,17);8-9,11H,3-7,10H2,1-2H3,(H2,15,16,17);8-9,11H,3-7,10H2,1-2H3,(H,15,16,17);2*3-9,15H,1-2H3;;;;;;;;/q;;;;;;8*+1/p-8. The van der Waals surface area contributed by atoms with E-state index >= 15 is 0 Å². The van der Waals surface area contributed by atoms with Gasteiger partial charge in [-0.1, -0.05) is 273 Å². The Bertz CT molecular complexity index is 4450. The number of hydrogen-bond donors (Lipinski definition) is 0. The van der Waals surface area contributed by atoms with E-state index in [-0.39, 0.29) is 580 Å². The molecule has 0 fully saturated rings. The van der Waals surface area contributed by atoms with Crippen molar-refractivity contribution in [2.75, 3.05) is 11.9 Å². The second-order valence-electron chi connectivity index (χ2n) is 26.0. The smallest absolute Gasteiger partial charge is 0.872 e. The van der Waals surface area contributed by atoms with E-state index in [1.165, 1.54) is 95.6 Å². The average molecular weight is 2500 g/mol. The number of carbonyl (C=O) groups excluding carboxylic acids is 1. The minimum atomic E-state index is -4.65. The molecule has 0 aliphatic rings. The van der Waals surface area contributed by atoms with Gasteiger partial charge in [-0.25, -0.2) is 8.42 Å². The molecule has 0 aliphatic carbocycles. The summed E-state index contributed by atoms with van der Waals surface area (Å²) in [5.74, 6) is -1.31. The van der Waals surface area contributed by atoms with Gasteiger partial charge in [-0.3, -0.25) is 0 Å². The number of hydrogen-bond acceptors (Lipinski definition) is 13. The van der Waals surface area contributed by atoms with Crippen LogP contribution in [0, 0.1) is 83.1 Å². The molecular weight excluding hydrogens is 2400 g/mol. The molecule has 0 spiro atoms. The first-order chi connectivity index (χ1) is 47.5. The summed E-state index contributed by atoms with van der Waals surface area (Å²) < 4.78 is 52.5. The van der Waals surface area contributed by atoms with Crippen molar-refractivity contribution in [2.24, 2.45) is 0 Å². The van der Waals surface area contributed by atoms with E-state index in [2.05, 4.69) is 159 Å². The zero-order chi connectivity index (χ0) is 74.6. The van der Waals surface area contributed by atoms with Gasteiger partial charge in [-0.05, 0) is 235 Å². The molecule has 0 saturated heterocycles. The largest absolute Gasteiger partial charge is 1.00 e. The summed E-state index contributed by atoms with van der Waals surface area (Å²) in [5, 5.41) is 21.5. The van der Waals surface area contributed by atoms with Gasteiger partial charge in [0.2, 0.25) is 0 Å². The van der Waals surface area contributed by atoms with Crippen LogP contribution in [-0.4, -0.2) is 30.9 Å². The molecule has 0 unspecified atom stereocenters. The molecule has 0 N–H and O–H groups in total. The summed E-state index contributed by atoms with van der Waals surface area (Å²) in [5.41, 5.74) is 26.8. The average Bonchev–Trinajstić information content (AvgIpc) is 0.840. The van der Waals surface area contributed by atoms with Crippen molar-refractivity contribution in [2.45, 2.75) is 152 Å². The third kappa shape index (κ3) is 51.2. The Hall–Kier alpha value is 8.32. The van der Waals surface area contributed by atoms with Gasteiger partial charge in [0.05, 0.1) is 16.1 Å². The summed E-state index contributed by atoms with van der Waals surface area (Å²) in [6, 6.07) is 66.0. The third-order valence-electron chi connectivity index (χ3n) is 17.1. The predicted molar refractivity (Wildman–Crippen MR) is 405 cm³/mol. The zero-order valence-corrected chi connectivity index (χ0v) is 122. The SMILES string of the molecule is Cc1ccc(C)c(-c2ccc(C(=O)[O-])cc2)c1.Cc1ccc(C)c(-c2ccc(P(=O)([O-])[O-])cc2)c1.Cc1ccc(C)c(-c2ccc([O-])cc2)c1.Cc1ccc(C)c(-c2ccc([S-])cc2)c1.Cc1ccc(C)c(CCCCCCP(=O)([O-])[O-])c1.Cc1ccc(C)c(CCCCCCS(=O)(=O)[O-])c1.[Cs+].[Cs+].[Cs+].[Cs+].[Cs+].[Cs+].[Cs+].[Cs+]. The van der Waals surface area contributed by atoms with Crippen LogP contribution in [-0.2, 0) is 44.7 Å². The molecule has 536 valence electrons. The van der Waals surface area contributed by atoms with E-state index < -0.39 is 31.3 Å². The fourth-order valence-corrected chi connectivity index (χ4v) is 12.9. The van der Waals surface area contributed by atoms with Gasteiger partial charge in [-0.2, -0.15) is 4.90 Å². The second kappa shape index (κ2) is 65.8. The van der Waals surface area contributed by atoms with Gasteiger partial charge >= 0.3 is 551 Å². The minimum Gasteiger partial charge on any atom is -0.872 e. The van der Waals surface area contributed by atoms with Gasteiger partial charge in [0.25, 0.3) is 0 Å². The maximum absolute atomic E-state index is 11.0. The van der Waals surface area contributed by atoms with E-state index in [4.69, 9.17) is 12.6 Å². The molecular formula is C85H94Cs8O12P2S2. The Labute approximate surface area is 1130 Å². The predicted octanol–water partition coefficient (Wildman–Crippen LogP) is -7.93. The van der Waals surface area contributed by atoms with E-state index in [1.807, 2.05) is 82.3 Å². The molecule has 10 aromatic rings. The number of carbonyl (C=O) groups is 1. The van der Waals surface area contributed by atoms with E-state index in [9.17, 15) is 56.7 Å². The molecule has 109 heavy (non-hydrogen) atoms. The maximum atomic E-state index is 11.0. The topological polar surface area (TPSA) is 247 Å². The van der Waals surface area contributed by atoms with Gasteiger partial charge in [0, 0.05) is 5.75 Å². The van der Waals surface area contributed by atoms with Crippen LogP contribution in [0.3, 0.4) is 0 Å². The first kappa shape index (κ1) is 124. The second-order valence-corrected chi connectivity index (χ2v) is 31.2. The Kier molecular flexibility index (Phi) is 74.6. The normalized spacial score (nSPS) is 10.2. The molecule has 10 rings (SSSR count). The van der Waals surface area contributed by atoms with Crippen LogP contribution < -0.4 is 586 Å². The third-order valence-corrected chi connectivity index (χ3v) is 19.9. The minimum absolute atomic E-state index is 0. The summed E-state index contributed by atoms with van der Waals surface area (Å²) >= 11 is 5.08. The Morgan fingerprint density at radius 2 is 0.633 bits per heavy atom. The molecule has 0 bridgehead atoms. The van der Waals surface area contributed by atoms with Crippen LogP contribution in [0.5, 0.6) is 5.75 Å². The quantitative estimate of drug-likeness (QED) is 0.0298. The monoisotopic (exact) mass is 2500 g/mol. The van der Waals surface area contributed by atoms with Crippen molar-refractivity contribution in [3.63, 3.8) is 0 Å². The van der Waals surface area contributed by atoms with Gasteiger partial charge in [0.1, 0.15) is 0 Å². The molecule has 0 heterocycles. The molecule has 10 aromatic carbocycles. The van der Waals surface area contributed by atoms with E-state index in [0.717, 1.165) is 95.2 Å². The van der Waals surface area contributed by atoms with Gasteiger partial charge < -0.3 is 60.9 Å². The van der Waals surface area contributed by atoms with Crippen molar-refractivity contribution in [3.05, 3.63) is 290 Å². The van der Waals surface area contributed by atoms with Crippen LogP contribution in [0.2, 0.25) is 0 Å². The van der Waals surface area contributed by atoms with Crippen LogP contribution >= 0.6 is 15.2 Å². The van der Waals surface area contributed by atoms with Crippen molar-refractivity contribution >= 4 is 49.2 Å². The van der Waals surface area contributed by atoms with Crippen molar-refractivity contribution in [1.29, 1.82) is 0 Å². The number of aryl methyl sites for hydroxylation is 14. The molecule has 24 heteroatoms. The van der Waals surface area contributed by atoms with Crippen molar-refractivity contribution < 1.29 is 608 Å². The Morgan fingerprint density at radius 3 is 0.936 bits per heavy atom. The molecule has 0 atom stereocenters. The fraction of sp³-hybridized carbons (Fsp3) is 0.282. The molecule has 0 amide bonds. The van der Waals surface area contributed by atoms with Crippen molar-refractivity contribution in [1.82, 2.24) is 0 Å². The van der Waals surface area contributed by atoms with E-state index in [0.29, 0.717) is 12.8 Å². The summed E-state index contributed by atoms with van der Waals surface area (Å²) in [6.07, 6.45) is 8.52. The molecule has 0 radical (unpaired) electrons. The molecule has 0 aliphatic heterocycles. The fourth-order valence-electron chi connectivity index (χ4n) is 11.1. The summed E-state index contributed by atoms with van der Waals surface area (Å²) in [7, 11) is -13.0. The number of rotatable bonds is 20. The van der Waals surface area contributed by atoms with Crippen LogP contribution in [0.4, 0.5) is 0 Å². The van der Waals surface area contributed by atoms with E-state index in [1.54, 1.807) is 36.4 Å². The van der Waals surface area contributed by atoms with Crippen LogP contribution in [0.25, 0.3) is 44.5 Å². The molecule has 0 saturated carbocycles. The number of aromatic carboxylic acids is 1. The molecule has 0 aromatic heterocycles. The Balaban J connectivity index is -0.000000599. The first-order valence-corrected chi connectivity index (χ1v) is 39.2. The summed E-state index contributed by atoms with van der Waals surface area (Å²) in [6.45, 7) is 24.9. The zero-order valence-electron chi connectivity index (χ0n) is 68.2. The number of carboxylic acid groups (broad SMARTS) is 1.